The van der Waals surface area contributed by atoms with Gasteiger partial charge in [0.25, 0.3) is 5.91 Å². The zero-order valence-electron chi connectivity index (χ0n) is 11.5. The SMILES string of the molecule is Cc1cc(CNC(=O)C(C)NC(=O)c2ccc(Br)s2)no1. The van der Waals surface area contributed by atoms with E-state index in [1.165, 1.54) is 11.3 Å². The number of aromatic nitrogens is 1. The van der Waals surface area contributed by atoms with Crippen molar-refractivity contribution in [1.82, 2.24) is 15.8 Å². The summed E-state index contributed by atoms with van der Waals surface area (Å²) in [5.74, 6) is 0.133. The number of nitrogens with zero attached hydrogens (tertiary/aromatic N) is 1. The molecule has 8 heteroatoms. The molecule has 2 aromatic heterocycles. The average Bonchev–Trinajstić information content (AvgIpc) is 3.04. The molecule has 0 spiro atoms. The summed E-state index contributed by atoms with van der Waals surface area (Å²) in [7, 11) is 0. The van der Waals surface area contributed by atoms with Gasteiger partial charge in [-0.1, -0.05) is 5.16 Å². The van der Waals surface area contributed by atoms with E-state index in [9.17, 15) is 9.59 Å². The first kappa shape index (κ1) is 15.7. The Balaban J connectivity index is 1.83. The quantitative estimate of drug-likeness (QED) is 0.843. The third-order valence-corrected chi connectivity index (χ3v) is 4.28. The van der Waals surface area contributed by atoms with Gasteiger partial charge in [0.15, 0.2) is 0 Å². The summed E-state index contributed by atoms with van der Waals surface area (Å²) in [6, 6.07) is 4.60. The summed E-state index contributed by atoms with van der Waals surface area (Å²) in [6.07, 6.45) is 0. The number of rotatable bonds is 5. The zero-order valence-corrected chi connectivity index (χ0v) is 13.9. The Morgan fingerprint density at radius 2 is 2.24 bits per heavy atom. The number of thiophene rings is 1. The standard InChI is InChI=1S/C13H14BrN3O3S/c1-7-5-9(17-20-7)6-15-12(18)8(2)16-13(19)10-3-4-11(14)21-10/h3-5,8H,6H2,1-2H3,(H,15,18)(H,16,19). The molecule has 112 valence electrons. The molecule has 2 amide bonds. The molecule has 0 radical (unpaired) electrons. The molecule has 1 unspecified atom stereocenters. The van der Waals surface area contributed by atoms with Crippen molar-refractivity contribution in [2.24, 2.45) is 0 Å². The van der Waals surface area contributed by atoms with E-state index in [0.717, 1.165) is 3.79 Å². The van der Waals surface area contributed by atoms with Crippen molar-refractivity contribution in [3.63, 3.8) is 0 Å². The van der Waals surface area contributed by atoms with Gasteiger partial charge in [0.1, 0.15) is 17.5 Å². The van der Waals surface area contributed by atoms with E-state index in [-0.39, 0.29) is 18.4 Å². The maximum Gasteiger partial charge on any atom is 0.262 e. The van der Waals surface area contributed by atoms with Crippen molar-refractivity contribution in [3.05, 3.63) is 38.3 Å². The molecule has 21 heavy (non-hydrogen) atoms. The lowest BCUT2D eigenvalue weighted by molar-refractivity contribution is -0.122. The molecule has 0 aliphatic heterocycles. The first-order valence-corrected chi connectivity index (χ1v) is 7.83. The zero-order chi connectivity index (χ0) is 15.4. The highest BCUT2D eigenvalue weighted by Gasteiger charge is 2.17. The van der Waals surface area contributed by atoms with Crippen LogP contribution in [0.3, 0.4) is 0 Å². The molecule has 0 aliphatic carbocycles. The van der Waals surface area contributed by atoms with Gasteiger partial charge in [-0.05, 0) is 41.9 Å². The van der Waals surface area contributed by atoms with E-state index in [1.54, 1.807) is 32.0 Å². The van der Waals surface area contributed by atoms with E-state index in [0.29, 0.717) is 16.3 Å². The molecule has 2 rings (SSSR count). The number of carbonyl (C=O) groups excluding carboxylic acids is 2. The van der Waals surface area contributed by atoms with Gasteiger partial charge < -0.3 is 15.2 Å². The van der Waals surface area contributed by atoms with Gasteiger partial charge in [0, 0.05) is 6.07 Å². The Bertz CT molecular complexity index is 653. The van der Waals surface area contributed by atoms with Crippen LogP contribution < -0.4 is 10.6 Å². The lowest BCUT2D eigenvalue weighted by Gasteiger charge is -2.12. The van der Waals surface area contributed by atoms with E-state index < -0.39 is 6.04 Å². The summed E-state index contributed by atoms with van der Waals surface area (Å²) in [4.78, 5) is 24.4. The normalized spacial score (nSPS) is 12.0. The number of halogens is 1. The average molecular weight is 372 g/mol. The van der Waals surface area contributed by atoms with Crippen molar-refractivity contribution in [2.45, 2.75) is 26.4 Å². The smallest absolute Gasteiger partial charge is 0.262 e. The molecule has 2 heterocycles. The van der Waals surface area contributed by atoms with Gasteiger partial charge in [-0.15, -0.1) is 11.3 Å². The van der Waals surface area contributed by atoms with Crippen LogP contribution in [0.15, 0.2) is 26.5 Å². The van der Waals surface area contributed by atoms with Crippen molar-refractivity contribution in [2.75, 3.05) is 0 Å². The molecule has 0 saturated carbocycles. The second-order valence-electron chi connectivity index (χ2n) is 4.45. The monoisotopic (exact) mass is 371 g/mol. The van der Waals surface area contributed by atoms with E-state index >= 15 is 0 Å². The fraction of sp³-hybridized carbons (Fsp3) is 0.308. The molecule has 0 bridgehead atoms. The van der Waals surface area contributed by atoms with Gasteiger partial charge in [-0.25, -0.2) is 0 Å². The molecule has 2 N–H and O–H groups in total. The maximum atomic E-state index is 11.9. The van der Waals surface area contributed by atoms with Crippen LogP contribution in [0.5, 0.6) is 0 Å². The van der Waals surface area contributed by atoms with Gasteiger partial charge in [-0.3, -0.25) is 9.59 Å². The Morgan fingerprint density at radius 3 is 2.81 bits per heavy atom. The molecule has 0 saturated heterocycles. The van der Waals surface area contributed by atoms with Crippen LogP contribution in [-0.4, -0.2) is 23.0 Å². The fourth-order valence-electron chi connectivity index (χ4n) is 1.60. The van der Waals surface area contributed by atoms with E-state index in [4.69, 9.17) is 4.52 Å². The van der Waals surface area contributed by atoms with Crippen LogP contribution in [0.25, 0.3) is 0 Å². The van der Waals surface area contributed by atoms with E-state index in [1.807, 2.05) is 0 Å². The minimum Gasteiger partial charge on any atom is -0.361 e. The lowest BCUT2D eigenvalue weighted by atomic mass is 10.3. The molecule has 6 nitrogen and oxygen atoms in total. The first-order chi connectivity index (χ1) is 9.95. The predicted molar refractivity (Wildman–Crippen MR) is 82.0 cm³/mol. The topological polar surface area (TPSA) is 84.2 Å². The van der Waals surface area contributed by atoms with Crippen LogP contribution >= 0.6 is 27.3 Å². The molecular weight excluding hydrogens is 358 g/mol. The molecule has 0 aliphatic rings. The molecule has 1 atom stereocenters. The summed E-state index contributed by atoms with van der Waals surface area (Å²) >= 11 is 4.60. The Hall–Kier alpha value is -1.67. The molecule has 0 fully saturated rings. The maximum absolute atomic E-state index is 11.9. The Labute approximate surface area is 134 Å². The number of nitrogens with one attached hydrogen (secondary N) is 2. The number of hydrogen-bond donors (Lipinski definition) is 2. The second-order valence-corrected chi connectivity index (χ2v) is 6.91. The Morgan fingerprint density at radius 1 is 1.48 bits per heavy atom. The van der Waals surface area contributed by atoms with Crippen LogP contribution in [0, 0.1) is 6.92 Å². The number of amides is 2. The summed E-state index contributed by atoms with van der Waals surface area (Å²) < 4.78 is 5.77. The summed E-state index contributed by atoms with van der Waals surface area (Å²) in [6.45, 7) is 3.67. The first-order valence-electron chi connectivity index (χ1n) is 6.22. The van der Waals surface area contributed by atoms with Crippen LogP contribution in [0.1, 0.15) is 28.0 Å². The highest BCUT2D eigenvalue weighted by molar-refractivity contribution is 9.11. The highest BCUT2D eigenvalue weighted by Crippen LogP contribution is 2.21. The van der Waals surface area contributed by atoms with Crippen molar-refractivity contribution < 1.29 is 14.1 Å². The van der Waals surface area contributed by atoms with Crippen LogP contribution in [0.4, 0.5) is 0 Å². The predicted octanol–water partition coefficient (Wildman–Crippen LogP) is 2.24. The highest BCUT2D eigenvalue weighted by atomic mass is 79.9. The second kappa shape index (κ2) is 6.86. The third kappa shape index (κ3) is 4.40. The van der Waals surface area contributed by atoms with Crippen molar-refractivity contribution in [3.8, 4) is 0 Å². The summed E-state index contributed by atoms with van der Waals surface area (Å²) in [5.41, 5.74) is 0.640. The minimum atomic E-state index is -0.633. The largest absolute Gasteiger partial charge is 0.361 e. The number of carbonyl (C=O) groups is 2. The van der Waals surface area contributed by atoms with Gasteiger partial charge in [-0.2, -0.15) is 0 Å². The molecule has 0 aromatic carbocycles. The van der Waals surface area contributed by atoms with Crippen molar-refractivity contribution >= 4 is 39.1 Å². The van der Waals surface area contributed by atoms with Crippen LogP contribution in [-0.2, 0) is 11.3 Å². The minimum absolute atomic E-state index is 0.265. The number of hydrogen-bond acceptors (Lipinski definition) is 5. The lowest BCUT2D eigenvalue weighted by Crippen LogP contribution is -2.44. The van der Waals surface area contributed by atoms with Gasteiger partial charge >= 0.3 is 0 Å². The van der Waals surface area contributed by atoms with Crippen LogP contribution in [0.2, 0.25) is 0 Å². The van der Waals surface area contributed by atoms with Gasteiger partial charge in [0.05, 0.1) is 15.2 Å². The Kier molecular flexibility index (Phi) is 5.13. The van der Waals surface area contributed by atoms with Gasteiger partial charge in [0.2, 0.25) is 5.91 Å². The van der Waals surface area contributed by atoms with E-state index in [2.05, 4.69) is 31.7 Å². The fourth-order valence-corrected chi connectivity index (χ4v) is 2.89. The molecular formula is C13H14BrN3O3S. The summed E-state index contributed by atoms with van der Waals surface area (Å²) in [5, 5.41) is 9.12. The van der Waals surface area contributed by atoms with Crippen molar-refractivity contribution in [1.29, 1.82) is 0 Å². The third-order valence-electron chi connectivity index (χ3n) is 2.66. The molecule has 2 aromatic rings. The number of aryl methyl sites for hydroxylation is 1.